The molecule has 6 heteroatoms. The van der Waals surface area contributed by atoms with Crippen molar-refractivity contribution < 1.29 is 13.2 Å². The Kier molecular flexibility index (Phi) is 3.21. The van der Waals surface area contributed by atoms with Crippen LogP contribution in [-0.4, -0.2) is 37.9 Å². The van der Waals surface area contributed by atoms with Crippen LogP contribution in [0.15, 0.2) is 0 Å². The second kappa shape index (κ2) is 4.33. The maximum Gasteiger partial charge on any atom is 0.224 e. The van der Waals surface area contributed by atoms with E-state index in [1.165, 1.54) is 0 Å². The van der Waals surface area contributed by atoms with E-state index >= 15 is 0 Å². The third-order valence-corrected chi connectivity index (χ3v) is 5.27. The van der Waals surface area contributed by atoms with Crippen LogP contribution in [0.5, 0.6) is 0 Å². The van der Waals surface area contributed by atoms with Crippen LogP contribution in [0, 0.1) is 5.92 Å². The Balaban J connectivity index is 1.89. The van der Waals surface area contributed by atoms with Crippen molar-refractivity contribution in [3.63, 3.8) is 0 Å². The largest absolute Gasteiger partial charge is 0.352 e. The molecular formula is C10H18N2O3S. The number of amides is 1. The van der Waals surface area contributed by atoms with E-state index in [2.05, 4.69) is 5.32 Å². The van der Waals surface area contributed by atoms with Gasteiger partial charge in [0.05, 0.1) is 17.4 Å². The van der Waals surface area contributed by atoms with Crippen molar-refractivity contribution in [1.29, 1.82) is 0 Å². The van der Waals surface area contributed by atoms with Crippen LogP contribution in [0.25, 0.3) is 0 Å². The van der Waals surface area contributed by atoms with Gasteiger partial charge >= 0.3 is 0 Å². The van der Waals surface area contributed by atoms with Crippen LogP contribution in [0.3, 0.4) is 0 Å². The van der Waals surface area contributed by atoms with E-state index in [9.17, 15) is 13.2 Å². The first-order valence-electron chi connectivity index (χ1n) is 5.74. The summed E-state index contributed by atoms with van der Waals surface area (Å²) in [4.78, 5) is 11.8. The van der Waals surface area contributed by atoms with Gasteiger partial charge in [-0.15, -0.1) is 0 Å². The van der Waals surface area contributed by atoms with E-state index in [0.717, 1.165) is 19.3 Å². The summed E-state index contributed by atoms with van der Waals surface area (Å²) in [5.41, 5.74) is 5.85. The highest BCUT2D eigenvalue weighted by molar-refractivity contribution is 7.91. The first-order chi connectivity index (χ1) is 7.48. The highest BCUT2D eigenvalue weighted by Gasteiger charge is 2.35. The highest BCUT2D eigenvalue weighted by atomic mass is 32.2. The molecule has 0 aromatic heterocycles. The predicted octanol–water partition coefficient (Wildman–Crippen LogP) is -0.583. The van der Waals surface area contributed by atoms with Crippen LogP contribution in [0.2, 0.25) is 0 Å². The van der Waals surface area contributed by atoms with E-state index in [1.54, 1.807) is 0 Å². The van der Waals surface area contributed by atoms with Crippen LogP contribution < -0.4 is 11.1 Å². The monoisotopic (exact) mass is 246 g/mol. The van der Waals surface area contributed by atoms with E-state index in [1.807, 2.05) is 0 Å². The molecule has 2 rings (SSSR count). The van der Waals surface area contributed by atoms with E-state index in [4.69, 9.17) is 5.73 Å². The van der Waals surface area contributed by atoms with Gasteiger partial charge in [-0.25, -0.2) is 8.42 Å². The molecule has 1 saturated heterocycles. The van der Waals surface area contributed by atoms with E-state index < -0.39 is 9.84 Å². The molecule has 1 aliphatic carbocycles. The second-order valence-corrected chi connectivity index (χ2v) is 7.04. The van der Waals surface area contributed by atoms with Gasteiger partial charge in [-0.1, -0.05) is 0 Å². The summed E-state index contributed by atoms with van der Waals surface area (Å²) in [6, 6.07) is 0.0674. The fourth-order valence-electron chi connectivity index (χ4n) is 2.47. The highest BCUT2D eigenvalue weighted by Crippen LogP contribution is 2.21. The average Bonchev–Trinajstić information content (AvgIpc) is 2.74. The first-order valence-corrected chi connectivity index (χ1v) is 7.56. The van der Waals surface area contributed by atoms with Crippen molar-refractivity contribution in [2.75, 3.05) is 11.5 Å². The van der Waals surface area contributed by atoms with Gasteiger partial charge in [0.15, 0.2) is 9.84 Å². The Morgan fingerprint density at radius 2 is 2.00 bits per heavy atom. The van der Waals surface area contributed by atoms with Crippen molar-refractivity contribution in [2.45, 2.75) is 37.8 Å². The summed E-state index contributed by atoms with van der Waals surface area (Å²) in [5, 5.41) is 2.88. The van der Waals surface area contributed by atoms with Gasteiger partial charge in [-0.05, 0) is 25.7 Å². The number of nitrogens with two attached hydrogens (primary N) is 1. The van der Waals surface area contributed by atoms with Gasteiger partial charge in [-0.3, -0.25) is 4.79 Å². The normalized spacial score (nSPS) is 37.4. The zero-order valence-corrected chi connectivity index (χ0v) is 10.0. The number of sulfone groups is 1. The Labute approximate surface area is 95.7 Å². The molecule has 16 heavy (non-hydrogen) atoms. The lowest BCUT2D eigenvalue weighted by Crippen LogP contribution is -2.46. The van der Waals surface area contributed by atoms with Crippen LogP contribution in [0.1, 0.15) is 25.7 Å². The average molecular weight is 246 g/mol. The molecule has 1 saturated carbocycles. The van der Waals surface area contributed by atoms with Crippen LogP contribution in [0.4, 0.5) is 0 Å². The van der Waals surface area contributed by atoms with Crippen LogP contribution in [-0.2, 0) is 14.6 Å². The van der Waals surface area contributed by atoms with Crippen molar-refractivity contribution in [3.8, 4) is 0 Å². The molecule has 3 unspecified atom stereocenters. The summed E-state index contributed by atoms with van der Waals surface area (Å²) in [5.74, 6) is -0.357. The van der Waals surface area contributed by atoms with Crippen molar-refractivity contribution in [1.82, 2.24) is 5.32 Å². The molecule has 0 radical (unpaired) electrons. The summed E-state index contributed by atoms with van der Waals surface area (Å²) in [6.07, 6.45) is 3.34. The molecule has 2 aliphatic rings. The fourth-order valence-corrected chi connectivity index (χ4v) is 4.21. The molecule has 92 valence electrons. The molecule has 2 fully saturated rings. The summed E-state index contributed by atoms with van der Waals surface area (Å²) in [6.45, 7) is 0. The maximum atomic E-state index is 11.8. The first kappa shape index (κ1) is 11.9. The number of carbonyl (C=O) groups excluding carboxylic acids is 1. The molecule has 3 N–H and O–H groups in total. The van der Waals surface area contributed by atoms with Gasteiger partial charge in [-0.2, -0.15) is 0 Å². The molecule has 0 bridgehead atoms. The number of carbonyl (C=O) groups is 1. The minimum atomic E-state index is -2.98. The summed E-state index contributed by atoms with van der Waals surface area (Å²) >= 11 is 0. The summed E-state index contributed by atoms with van der Waals surface area (Å²) < 4.78 is 22.5. The molecule has 0 aromatic rings. The number of rotatable bonds is 2. The van der Waals surface area contributed by atoms with E-state index in [-0.39, 0.29) is 35.4 Å². The zero-order chi connectivity index (χ0) is 11.8. The van der Waals surface area contributed by atoms with Crippen molar-refractivity contribution in [3.05, 3.63) is 0 Å². The number of hydrogen-bond acceptors (Lipinski definition) is 4. The fraction of sp³-hybridized carbons (Fsp3) is 0.900. The quantitative estimate of drug-likeness (QED) is 0.682. The molecule has 3 atom stereocenters. The summed E-state index contributed by atoms with van der Waals surface area (Å²) in [7, 11) is -2.98. The lowest BCUT2D eigenvalue weighted by atomic mass is 10.1. The van der Waals surface area contributed by atoms with Gasteiger partial charge in [0.2, 0.25) is 5.91 Å². The lowest BCUT2D eigenvalue weighted by Gasteiger charge is -2.19. The SMILES string of the molecule is NC1CCCC1NC(=O)C1CCS(=O)(=O)C1. The van der Waals surface area contributed by atoms with Gasteiger partial charge in [0, 0.05) is 12.1 Å². The Morgan fingerprint density at radius 1 is 1.25 bits per heavy atom. The Morgan fingerprint density at radius 3 is 2.50 bits per heavy atom. The number of nitrogens with one attached hydrogen (secondary N) is 1. The topological polar surface area (TPSA) is 89.3 Å². The Bertz CT molecular complexity index is 380. The minimum Gasteiger partial charge on any atom is -0.352 e. The lowest BCUT2D eigenvalue weighted by molar-refractivity contribution is -0.125. The maximum absolute atomic E-state index is 11.8. The molecule has 0 aromatic carbocycles. The second-order valence-electron chi connectivity index (χ2n) is 4.81. The molecule has 5 nitrogen and oxygen atoms in total. The van der Waals surface area contributed by atoms with Crippen LogP contribution >= 0.6 is 0 Å². The molecule has 1 heterocycles. The van der Waals surface area contributed by atoms with Gasteiger partial charge in [0.1, 0.15) is 0 Å². The van der Waals surface area contributed by atoms with Gasteiger partial charge < -0.3 is 11.1 Å². The zero-order valence-electron chi connectivity index (χ0n) is 9.19. The predicted molar refractivity (Wildman–Crippen MR) is 60.5 cm³/mol. The van der Waals surface area contributed by atoms with Gasteiger partial charge in [0.25, 0.3) is 0 Å². The number of hydrogen-bond donors (Lipinski definition) is 2. The smallest absolute Gasteiger partial charge is 0.224 e. The standard InChI is InChI=1S/C10H18N2O3S/c11-8-2-1-3-9(8)12-10(13)7-4-5-16(14,15)6-7/h7-9H,1-6,11H2,(H,12,13). The molecule has 1 aliphatic heterocycles. The molecule has 1 amide bonds. The molecular weight excluding hydrogens is 228 g/mol. The molecule has 0 spiro atoms. The van der Waals surface area contributed by atoms with Crippen molar-refractivity contribution >= 4 is 15.7 Å². The Hall–Kier alpha value is -0.620. The van der Waals surface area contributed by atoms with Crippen molar-refractivity contribution in [2.24, 2.45) is 11.7 Å². The minimum absolute atomic E-state index is 0.000785. The van der Waals surface area contributed by atoms with E-state index in [0.29, 0.717) is 6.42 Å². The third-order valence-electron chi connectivity index (χ3n) is 3.50. The third kappa shape index (κ3) is 2.55.